The summed E-state index contributed by atoms with van der Waals surface area (Å²) in [7, 11) is 2.89. The molecular weight excluding hydrogens is 198 g/mol. The first-order valence-corrected chi connectivity index (χ1v) is 4.14. The van der Waals surface area contributed by atoms with Crippen molar-refractivity contribution < 1.29 is 19.4 Å². The molecule has 0 radical (unpaired) electrons. The molecule has 0 saturated carbocycles. The van der Waals surface area contributed by atoms with Crippen LogP contribution in [-0.2, 0) is 16.6 Å². The molecular formula is C10H11NO4. The van der Waals surface area contributed by atoms with E-state index in [4.69, 9.17) is 5.11 Å². The second kappa shape index (κ2) is 4.00. The van der Waals surface area contributed by atoms with Gasteiger partial charge in [0, 0.05) is 18.8 Å². The number of carboxylic acids is 1. The zero-order chi connectivity index (χ0) is 11.6. The predicted molar refractivity (Wildman–Crippen MR) is 53.4 cm³/mol. The first-order chi connectivity index (χ1) is 6.97. The number of carboxylic acid groups (broad SMARTS) is 1. The second-order valence-electron chi connectivity index (χ2n) is 3.00. The van der Waals surface area contributed by atoms with E-state index in [1.54, 1.807) is 7.05 Å². The molecule has 5 heteroatoms. The molecule has 1 aromatic heterocycles. The molecule has 1 heterocycles. The van der Waals surface area contributed by atoms with Crippen LogP contribution in [0.15, 0.2) is 18.8 Å². The standard InChI is InChI=1S/C10H11NO4/c1-6(9(12)13)7-4-8(10(14)15-3)11(2)5-7/h4-5H,1H2,2-3H3,(H,12,13). The van der Waals surface area contributed by atoms with Gasteiger partial charge < -0.3 is 14.4 Å². The molecule has 1 aromatic rings. The van der Waals surface area contributed by atoms with Crippen molar-refractivity contribution in [3.8, 4) is 0 Å². The van der Waals surface area contributed by atoms with Gasteiger partial charge in [-0.05, 0) is 6.07 Å². The monoisotopic (exact) mass is 209 g/mol. The zero-order valence-electron chi connectivity index (χ0n) is 8.48. The van der Waals surface area contributed by atoms with Crippen LogP contribution in [0.1, 0.15) is 16.1 Å². The number of nitrogens with zero attached hydrogens (tertiary/aromatic N) is 1. The van der Waals surface area contributed by atoms with Gasteiger partial charge in [-0.1, -0.05) is 6.58 Å². The average Bonchev–Trinajstić information content (AvgIpc) is 2.57. The number of hydrogen-bond acceptors (Lipinski definition) is 3. The van der Waals surface area contributed by atoms with Gasteiger partial charge in [0.1, 0.15) is 5.69 Å². The summed E-state index contributed by atoms with van der Waals surface area (Å²) < 4.78 is 6.03. The molecule has 15 heavy (non-hydrogen) atoms. The van der Waals surface area contributed by atoms with Crippen LogP contribution in [0.2, 0.25) is 0 Å². The number of aliphatic carboxylic acids is 1. The molecule has 0 fully saturated rings. The van der Waals surface area contributed by atoms with Crippen molar-refractivity contribution in [3.63, 3.8) is 0 Å². The third-order valence-electron chi connectivity index (χ3n) is 2.01. The molecule has 0 aliphatic heterocycles. The van der Waals surface area contributed by atoms with Gasteiger partial charge in [0.2, 0.25) is 0 Å². The lowest BCUT2D eigenvalue weighted by Gasteiger charge is -1.98. The fourth-order valence-corrected chi connectivity index (χ4v) is 1.16. The molecule has 1 N–H and O–H groups in total. The van der Waals surface area contributed by atoms with Gasteiger partial charge in [-0.2, -0.15) is 0 Å². The van der Waals surface area contributed by atoms with Gasteiger partial charge in [0.15, 0.2) is 0 Å². The smallest absolute Gasteiger partial charge is 0.354 e. The van der Waals surface area contributed by atoms with Crippen molar-refractivity contribution >= 4 is 17.5 Å². The maximum Gasteiger partial charge on any atom is 0.354 e. The maximum absolute atomic E-state index is 11.2. The maximum atomic E-state index is 11.2. The molecule has 0 aliphatic rings. The van der Waals surface area contributed by atoms with Crippen molar-refractivity contribution in [3.05, 3.63) is 30.1 Å². The van der Waals surface area contributed by atoms with Gasteiger partial charge in [-0.15, -0.1) is 0 Å². The summed E-state index contributed by atoms with van der Waals surface area (Å²) in [5.41, 5.74) is 0.626. The van der Waals surface area contributed by atoms with Gasteiger partial charge >= 0.3 is 11.9 Å². The number of rotatable bonds is 3. The number of methoxy groups -OCH3 is 1. The van der Waals surface area contributed by atoms with E-state index in [1.807, 2.05) is 0 Å². The Kier molecular flexibility index (Phi) is 2.94. The Balaban J connectivity index is 3.11. The normalized spacial score (nSPS) is 9.73. The summed E-state index contributed by atoms with van der Waals surface area (Å²) in [6.45, 7) is 3.40. The van der Waals surface area contributed by atoms with E-state index >= 15 is 0 Å². The van der Waals surface area contributed by atoms with E-state index in [0.717, 1.165) is 0 Å². The number of esters is 1. The minimum atomic E-state index is -1.11. The summed E-state index contributed by atoms with van der Waals surface area (Å²) in [6, 6.07) is 1.43. The number of ether oxygens (including phenoxy) is 1. The Labute approximate surface area is 86.6 Å². The molecule has 0 saturated heterocycles. The molecule has 0 bridgehead atoms. The van der Waals surface area contributed by atoms with Crippen LogP contribution in [0.3, 0.4) is 0 Å². The average molecular weight is 209 g/mol. The lowest BCUT2D eigenvalue weighted by atomic mass is 10.1. The number of carbonyl (C=O) groups excluding carboxylic acids is 1. The molecule has 5 nitrogen and oxygen atoms in total. The van der Waals surface area contributed by atoms with Crippen LogP contribution in [0.4, 0.5) is 0 Å². The van der Waals surface area contributed by atoms with Gasteiger partial charge in [0.05, 0.1) is 12.7 Å². The van der Waals surface area contributed by atoms with E-state index in [1.165, 1.54) is 23.9 Å². The highest BCUT2D eigenvalue weighted by Gasteiger charge is 2.15. The van der Waals surface area contributed by atoms with Crippen molar-refractivity contribution in [1.82, 2.24) is 4.57 Å². The Hall–Kier alpha value is -2.04. The van der Waals surface area contributed by atoms with Gasteiger partial charge in [-0.3, -0.25) is 0 Å². The van der Waals surface area contributed by atoms with E-state index in [9.17, 15) is 9.59 Å². The summed E-state index contributed by atoms with van der Waals surface area (Å²) in [4.78, 5) is 21.9. The van der Waals surface area contributed by atoms with Crippen LogP contribution in [0.25, 0.3) is 5.57 Å². The van der Waals surface area contributed by atoms with E-state index < -0.39 is 11.9 Å². The first kappa shape index (κ1) is 11.0. The molecule has 80 valence electrons. The van der Waals surface area contributed by atoms with Crippen molar-refractivity contribution in [1.29, 1.82) is 0 Å². The molecule has 0 aromatic carbocycles. The Bertz CT molecular complexity index is 431. The van der Waals surface area contributed by atoms with Crippen molar-refractivity contribution in [2.24, 2.45) is 7.05 Å². The highest BCUT2D eigenvalue weighted by Crippen LogP contribution is 2.16. The molecule has 0 amide bonds. The lowest BCUT2D eigenvalue weighted by Crippen LogP contribution is -2.06. The predicted octanol–water partition coefficient (Wildman–Crippen LogP) is 0.909. The number of aryl methyl sites for hydroxylation is 1. The SMILES string of the molecule is C=C(C(=O)O)c1cc(C(=O)OC)n(C)c1. The second-order valence-corrected chi connectivity index (χ2v) is 3.00. The molecule has 0 spiro atoms. The van der Waals surface area contributed by atoms with Crippen LogP contribution < -0.4 is 0 Å². The molecule has 1 rings (SSSR count). The Morgan fingerprint density at radius 3 is 2.60 bits per heavy atom. The molecule has 0 aliphatic carbocycles. The van der Waals surface area contributed by atoms with E-state index in [-0.39, 0.29) is 11.3 Å². The van der Waals surface area contributed by atoms with Crippen LogP contribution in [0, 0.1) is 0 Å². The topological polar surface area (TPSA) is 68.5 Å². The minimum Gasteiger partial charge on any atom is -0.478 e. The highest BCUT2D eigenvalue weighted by molar-refractivity contribution is 6.14. The zero-order valence-corrected chi connectivity index (χ0v) is 8.48. The molecule has 0 atom stereocenters. The number of carbonyl (C=O) groups is 2. The fraction of sp³-hybridized carbons (Fsp3) is 0.200. The quantitative estimate of drug-likeness (QED) is 0.593. The third kappa shape index (κ3) is 2.07. The van der Waals surface area contributed by atoms with Gasteiger partial charge in [0.25, 0.3) is 0 Å². The van der Waals surface area contributed by atoms with Crippen molar-refractivity contribution in [2.75, 3.05) is 7.11 Å². The van der Waals surface area contributed by atoms with Gasteiger partial charge in [-0.25, -0.2) is 9.59 Å². The van der Waals surface area contributed by atoms with Crippen LogP contribution >= 0.6 is 0 Å². The number of aromatic nitrogens is 1. The Morgan fingerprint density at radius 1 is 1.53 bits per heavy atom. The van der Waals surface area contributed by atoms with Crippen LogP contribution in [0.5, 0.6) is 0 Å². The Morgan fingerprint density at radius 2 is 2.13 bits per heavy atom. The third-order valence-corrected chi connectivity index (χ3v) is 2.01. The van der Waals surface area contributed by atoms with Crippen LogP contribution in [-0.4, -0.2) is 28.7 Å². The highest BCUT2D eigenvalue weighted by atomic mass is 16.5. The summed E-state index contributed by atoms with van der Waals surface area (Å²) in [5.74, 6) is -1.63. The summed E-state index contributed by atoms with van der Waals surface area (Å²) >= 11 is 0. The largest absolute Gasteiger partial charge is 0.478 e. The van der Waals surface area contributed by atoms with E-state index in [2.05, 4.69) is 11.3 Å². The molecule has 0 unspecified atom stereocenters. The minimum absolute atomic E-state index is 0.0549. The van der Waals surface area contributed by atoms with Crippen molar-refractivity contribution in [2.45, 2.75) is 0 Å². The summed E-state index contributed by atoms with van der Waals surface area (Å²) in [5, 5.41) is 8.71. The lowest BCUT2D eigenvalue weighted by molar-refractivity contribution is -0.130. The first-order valence-electron chi connectivity index (χ1n) is 4.14. The van der Waals surface area contributed by atoms with E-state index in [0.29, 0.717) is 5.56 Å². The fourth-order valence-electron chi connectivity index (χ4n) is 1.16. The number of hydrogen-bond donors (Lipinski definition) is 1. The summed E-state index contributed by atoms with van der Waals surface area (Å²) in [6.07, 6.45) is 1.52.